The van der Waals surface area contributed by atoms with Gasteiger partial charge in [-0.2, -0.15) is 0 Å². The minimum atomic E-state index is 0.0640. The van der Waals surface area contributed by atoms with E-state index in [-0.39, 0.29) is 5.78 Å². The summed E-state index contributed by atoms with van der Waals surface area (Å²) in [7, 11) is 0. The molecule has 0 aliphatic heterocycles. The molecule has 0 saturated carbocycles. The van der Waals surface area contributed by atoms with E-state index in [4.69, 9.17) is 0 Å². The van der Waals surface area contributed by atoms with Crippen LogP contribution < -0.4 is 0 Å². The number of fused-ring (bicyclic) bond motifs is 3. The summed E-state index contributed by atoms with van der Waals surface area (Å²) in [6.07, 6.45) is 0. The molecule has 0 saturated heterocycles. The first-order valence-corrected chi connectivity index (χ1v) is 10.2. The molecule has 2 nitrogen and oxygen atoms in total. The van der Waals surface area contributed by atoms with Gasteiger partial charge in [0.15, 0.2) is 5.78 Å². The predicted octanol–water partition coefficient (Wildman–Crippen LogP) is 6.89. The van der Waals surface area contributed by atoms with Crippen molar-refractivity contribution in [3.63, 3.8) is 0 Å². The number of aryl methyl sites for hydroxylation is 1. The van der Waals surface area contributed by atoms with Crippen molar-refractivity contribution in [1.82, 2.24) is 4.40 Å². The summed E-state index contributed by atoms with van der Waals surface area (Å²) in [5, 5.41) is 2.40. The molecule has 0 aliphatic rings. The summed E-state index contributed by atoms with van der Waals surface area (Å²) in [6, 6.07) is 32.7. The molecule has 6 aromatic rings. The third-order valence-corrected chi connectivity index (χ3v) is 5.96. The smallest absolute Gasteiger partial charge is 0.195 e. The van der Waals surface area contributed by atoms with Gasteiger partial charge >= 0.3 is 0 Å². The quantitative estimate of drug-likeness (QED) is 0.304. The summed E-state index contributed by atoms with van der Waals surface area (Å²) in [4.78, 5) is 13.8. The van der Waals surface area contributed by atoms with E-state index in [0.717, 1.165) is 38.8 Å². The molecule has 0 spiro atoms. The van der Waals surface area contributed by atoms with Gasteiger partial charge < -0.3 is 4.40 Å². The van der Waals surface area contributed by atoms with Crippen molar-refractivity contribution in [1.29, 1.82) is 0 Å². The third kappa shape index (κ3) is 2.28. The molecule has 0 fully saturated rings. The van der Waals surface area contributed by atoms with Crippen LogP contribution in [-0.4, -0.2) is 10.2 Å². The van der Waals surface area contributed by atoms with E-state index in [1.807, 2.05) is 48.5 Å². The Morgan fingerprint density at radius 2 is 1.30 bits per heavy atom. The van der Waals surface area contributed by atoms with Crippen molar-refractivity contribution < 1.29 is 4.79 Å². The van der Waals surface area contributed by atoms with Gasteiger partial charge in [0.05, 0.1) is 22.1 Å². The maximum Gasteiger partial charge on any atom is 0.195 e. The Morgan fingerprint density at radius 1 is 0.700 bits per heavy atom. The van der Waals surface area contributed by atoms with Gasteiger partial charge in [0.1, 0.15) is 0 Å². The maximum absolute atomic E-state index is 13.8. The number of nitrogens with zero attached hydrogens (tertiary/aromatic N) is 1. The van der Waals surface area contributed by atoms with Gasteiger partial charge in [0, 0.05) is 21.9 Å². The molecule has 3 aromatic heterocycles. The van der Waals surface area contributed by atoms with Crippen LogP contribution in [-0.2, 0) is 0 Å². The molecule has 2 heteroatoms. The molecule has 30 heavy (non-hydrogen) atoms. The van der Waals surface area contributed by atoms with Crippen molar-refractivity contribution in [3.05, 3.63) is 114 Å². The van der Waals surface area contributed by atoms with Gasteiger partial charge in [0.25, 0.3) is 0 Å². The van der Waals surface area contributed by atoms with E-state index in [0.29, 0.717) is 5.56 Å². The van der Waals surface area contributed by atoms with Crippen LogP contribution in [0.3, 0.4) is 0 Å². The lowest BCUT2D eigenvalue weighted by molar-refractivity contribution is 0.104. The molecule has 0 amide bonds. The minimum absolute atomic E-state index is 0.0640. The van der Waals surface area contributed by atoms with Crippen molar-refractivity contribution in [2.75, 3.05) is 0 Å². The van der Waals surface area contributed by atoms with Crippen molar-refractivity contribution in [2.24, 2.45) is 0 Å². The monoisotopic (exact) mass is 385 g/mol. The number of pyridine rings is 1. The zero-order valence-corrected chi connectivity index (χ0v) is 16.6. The fraction of sp³-hybridized carbons (Fsp3) is 0.0357. The first-order valence-electron chi connectivity index (χ1n) is 10.2. The van der Waals surface area contributed by atoms with Crippen LogP contribution in [0.5, 0.6) is 0 Å². The van der Waals surface area contributed by atoms with Gasteiger partial charge in [-0.25, -0.2) is 0 Å². The molecular formula is C28H19NO. The minimum Gasteiger partial charge on any atom is -0.308 e. The van der Waals surface area contributed by atoms with E-state index in [1.54, 1.807) is 0 Å². The molecule has 0 unspecified atom stereocenters. The highest BCUT2D eigenvalue weighted by Crippen LogP contribution is 2.43. The van der Waals surface area contributed by atoms with Crippen molar-refractivity contribution in [2.45, 2.75) is 6.92 Å². The highest BCUT2D eigenvalue weighted by atomic mass is 16.1. The number of carbonyl (C=O) groups excluding carboxylic acids is 1. The van der Waals surface area contributed by atoms with E-state index in [2.05, 4.69) is 59.9 Å². The van der Waals surface area contributed by atoms with Gasteiger partial charge in [-0.15, -0.1) is 0 Å². The Labute approximate surface area is 174 Å². The van der Waals surface area contributed by atoms with Gasteiger partial charge in [0.2, 0.25) is 0 Å². The van der Waals surface area contributed by atoms with E-state index in [1.165, 1.54) is 10.8 Å². The van der Waals surface area contributed by atoms with E-state index >= 15 is 0 Å². The standard InChI is InChI=1S/C28H19NO/c1-18-16-23-21-14-8-9-15-22(21)27-25(19-10-4-2-5-11-19)26(24(17-18)29(23)27)28(30)20-12-6-3-7-13-20/h2-17H,1H3. The number of hydrogen-bond acceptors (Lipinski definition) is 1. The largest absolute Gasteiger partial charge is 0.308 e. The third-order valence-electron chi connectivity index (χ3n) is 5.96. The lowest BCUT2D eigenvalue weighted by Crippen LogP contribution is -2.03. The second-order valence-electron chi connectivity index (χ2n) is 7.84. The van der Waals surface area contributed by atoms with Gasteiger partial charge in [-0.05, 0) is 30.2 Å². The normalized spacial score (nSPS) is 11.6. The fourth-order valence-electron chi connectivity index (χ4n) is 4.73. The van der Waals surface area contributed by atoms with Crippen LogP contribution in [0.25, 0.3) is 38.4 Å². The summed E-state index contributed by atoms with van der Waals surface area (Å²) < 4.78 is 2.27. The van der Waals surface area contributed by atoms with E-state index in [9.17, 15) is 4.79 Å². The summed E-state index contributed by atoms with van der Waals surface area (Å²) in [5.74, 6) is 0.0640. The molecule has 0 atom stereocenters. The average Bonchev–Trinajstić information content (AvgIpc) is 3.30. The molecule has 6 rings (SSSR count). The molecule has 0 aliphatic carbocycles. The van der Waals surface area contributed by atoms with Crippen LogP contribution in [0.15, 0.2) is 97.1 Å². The summed E-state index contributed by atoms with van der Waals surface area (Å²) in [5.41, 5.74) is 7.97. The Balaban J connectivity index is 1.85. The van der Waals surface area contributed by atoms with Crippen molar-refractivity contribution in [3.8, 4) is 11.1 Å². The topological polar surface area (TPSA) is 21.5 Å². The molecule has 142 valence electrons. The molecule has 0 radical (unpaired) electrons. The second-order valence-corrected chi connectivity index (χ2v) is 7.84. The Kier molecular flexibility index (Phi) is 3.57. The van der Waals surface area contributed by atoms with Gasteiger partial charge in [-0.3, -0.25) is 4.79 Å². The predicted molar refractivity (Wildman–Crippen MR) is 124 cm³/mol. The molecule has 3 aromatic carbocycles. The molecule has 0 N–H and O–H groups in total. The number of rotatable bonds is 3. The Morgan fingerprint density at radius 3 is 2.03 bits per heavy atom. The van der Waals surface area contributed by atoms with E-state index < -0.39 is 0 Å². The summed E-state index contributed by atoms with van der Waals surface area (Å²) >= 11 is 0. The molecule has 3 heterocycles. The maximum atomic E-state index is 13.8. The van der Waals surface area contributed by atoms with Gasteiger partial charge in [-0.1, -0.05) is 84.9 Å². The van der Waals surface area contributed by atoms with Crippen LogP contribution >= 0.6 is 0 Å². The lowest BCUT2D eigenvalue weighted by Gasteiger charge is -2.07. The zero-order valence-electron chi connectivity index (χ0n) is 16.6. The second kappa shape index (κ2) is 6.30. The number of hydrogen-bond donors (Lipinski definition) is 0. The van der Waals surface area contributed by atoms with Crippen molar-refractivity contribution >= 4 is 33.1 Å². The Bertz CT molecular complexity index is 1540. The average molecular weight is 385 g/mol. The van der Waals surface area contributed by atoms with Crippen LogP contribution in [0.4, 0.5) is 0 Å². The number of ketones is 1. The Hall–Kier alpha value is -3.91. The zero-order chi connectivity index (χ0) is 20.2. The van der Waals surface area contributed by atoms with Crippen LogP contribution in [0, 0.1) is 6.92 Å². The highest BCUT2D eigenvalue weighted by Gasteiger charge is 2.27. The number of benzene rings is 3. The summed E-state index contributed by atoms with van der Waals surface area (Å²) in [6.45, 7) is 2.10. The molecular weight excluding hydrogens is 366 g/mol. The first kappa shape index (κ1) is 17.0. The molecule has 0 bridgehead atoms. The van der Waals surface area contributed by atoms with Crippen LogP contribution in [0.2, 0.25) is 0 Å². The first-order chi connectivity index (χ1) is 14.7. The van der Waals surface area contributed by atoms with Crippen LogP contribution in [0.1, 0.15) is 21.5 Å². The fourth-order valence-corrected chi connectivity index (χ4v) is 4.73. The number of carbonyl (C=O) groups is 1. The highest BCUT2D eigenvalue weighted by molar-refractivity contribution is 6.25. The number of aromatic nitrogens is 1. The lowest BCUT2D eigenvalue weighted by atomic mass is 9.94. The SMILES string of the molecule is Cc1cc2c(C(=O)c3ccccc3)c(-c3ccccc3)c3c4ccccc4c(c1)n23.